The van der Waals surface area contributed by atoms with Crippen molar-refractivity contribution in [1.82, 2.24) is 18.7 Å². The summed E-state index contributed by atoms with van der Waals surface area (Å²) in [5.41, 5.74) is 4.81. The fourth-order valence-electron chi connectivity index (χ4n) is 4.73. The van der Waals surface area contributed by atoms with Crippen LogP contribution in [0.5, 0.6) is 0 Å². The third kappa shape index (κ3) is 3.77. The van der Waals surface area contributed by atoms with Crippen molar-refractivity contribution in [2.45, 2.75) is 39.8 Å². The SMILES string of the molecule is Cc1ccc(C)c(Cn2c(=O)c3c(nc4n3CCCN4CCc3ccccc3)n(C)c2=O)c1. The second-order valence-corrected chi connectivity index (χ2v) is 8.97. The van der Waals surface area contributed by atoms with E-state index in [-0.39, 0.29) is 17.8 Å². The van der Waals surface area contributed by atoms with Crippen LogP contribution in [0.1, 0.15) is 28.7 Å². The van der Waals surface area contributed by atoms with Gasteiger partial charge in [0, 0.05) is 26.7 Å². The van der Waals surface area contributed by atoms with Gasteiger partial charge in [-0.25, -0.2) is 4.79 Å². The Hall–Kier alpha value is -3.61. The van der Waals surface area contributed by atoms with E-state index in [0.717, 1.165) is 55.1 Å². The van der Waals surface area contributed by atoms with Gasteiger partial charge in [0.1, 0.15) is 0 Å². The maximum absolute atomic E-state index is 13.6. The van der Waals surface area contributed by atoms with Crippen LogP contribution in [0.15, 0.2) is 58.1 Å². The van der Waals surface area contributed by atoms with Gasteiger partial charge in [-0.15, -0.1) is 0 Å². The Morgan fingerprint density at radius 1 is 1.00 bits per heavy atom. The Labute approximate surface area is 192 Å². The number of aromatic nitrogens is 4. The Morgan fingerprint density at radius 3 is 2.58 bits per heavy atom. The average Bonchev–Trinajstić information content (AvgIpc) is 3.22. The molecule has 1 aliphatic rings. The van der Waals surface area contributed by atoms with E-state index in [1.165, 1.54) is 14.7 Å². The summed E-state index contributed by atoms with van der Waals surface area (Å²) in [6.45, 7) is 6.72. The zero-order valence-electron chi connectivity index (χ0n) is 19.4. The number of aryl methyl sites for hydroxylation is 4. The van der Waals surface area contributed by atoms with E-state index in [9.17, 15) is 9.59 Å². The summed E-state index contributed by atoms with van der Waals surface area (Å²) in [7, 11) is 1.71. The van der Waals surface area contributed by atoms with Crippen LogP contribution in [-0.4, -0.2) is 31.8 Å². The molecule has 170 valence electrons. The fourth-order valence-corrected chi connectivity index (χ4v) is 4.73. The van der Waals surface area contributed by atoms with Crippen LogP contribution < -0.4 is 16.1 Å². The van der Waals surface area contributed by atoms with E-state index in [0.29, 0.717) is 11.2 Å². The molecule has 7 nitrogen and oxygen atoms in total. The zero-order valence-corrected chi connectivity index (χ0v) is 19.4. The molecule has 0 fully saturated rings. The van der Waals surface area contributed by atoms with Gasteiger partial charge in [-0.3, -0.25) is 13.9 Å². The van der Waals surface area contributed by atoms with Gasteiger partial charge in [0.15, 0.2) is 11.2 Å². The van der Waals surface area contributed by atoms with Gasteiger partial charge in [0.2, 0.25) is 5.95 Å². The second kappa shape index (κ2) is 8.39. The Bertz CT molecular complexity index is 1450. The molecule has 0 saturated heterocycles. The van der Waals surface area contributed by atoms with Gasteiger partial charge >= 0.3 is 5.69 Å². The molecule has 0 N–H and O–H groups in total. The maximum atomic E-state index is 13.6. The van der Waals surface area contributed by atoms with E-state index in [4.69, 9.17) is 4.98 Å². The molecule has 0 amide bonds. The van der Waals surface area contributed by atoms with E-state index in [1.807, 2.05) is 42.7 Å². The summed E-state index contributed by atoms with van der Waals surface area (Å²) in [6.07, 6.45) is 1.84. The molecule has 5 rings (SSSR count). The Morgan fingerprint density at radius 2 is 1.79 bits per heavy atom. The van der Waals surface area contributed by atoms with Crippen molar-refractivity contribution in [2.24, 2.45) is 7.05 Å². The van der Waals surface area contributed by atoms with E-state index < -0.39 is 0 Å². The highest BCUT2D eigenvalue weighted by atomic mass is 16.2. The number of rotatable bonds is 5. The topological polar surface area (TPSA) is 65.1 Å². The van der Waals surface area contributed by atoms with Crippen molar-refractivity contribution in [1.29, 1.82) is 0 Å². The normalized spacial score (nSPS) is 13.5. The highest BCUT2D eigenvalue weighted by molar-refractivity contribution is 5.75. The van der Waals surface area contributed by atoms with Crippen molar-refractivity contribution in [3.05, 3.63) is 91.6 Å². The molecular weight excluding hydrogens is 414 g/mol. The standard InChI is InChI=1S/C26H29N5O2/c1-18-10-11-19(2)21(16-18)17-31-24(32)22-23(28(3)26(31)33)27-25-29(13-7-14-30(22)25)15-12-20-8-5-4-6-9-20/h4-6,8-11,16H,7,12-15,17H2,1-3H3. The monoisotopic (exact) mass is 443 g/mol. The van der Waals surface area contributed by atoms with Gasteiger partial charge in [-0.05, 0) is 43.4 Å². The van der Waals surface area contributed by atoms with Crippen LogP contribution >= 0.6 is 0 Å². The van der Waals surface area contributed by atoms with Crippen molar-refractivity contribution in [3.63, 3.8) is 0 Å². The van der Waals surface area contributed by atoms with Gasteiger partial charge in [0.25, 0.3) is 5.56 Å². The third-order valence-corrected chi connectivity index (χ3v) is 6.65. The number of anilines is 1. The van der Waals surface area contributed by atoms with Crippen LogP contribution in [0.3, 0.4) is 0 Å². The van der Waals surface area contributed by atoms with Crippen LogP contribution in [0, 0.1) is 13.8 Å². The van der Waals surface area contributed by atoms with E-state index >= 15 is 0 Å². The molecule has 3 heterocycles. The van der Waals surface area contributed by atoms with Crippen LogP contribution in [0.25, 0.3) is 11.2 Å². The Balaban J connectivity index is 1.57. The number of benzene rings is 2. The first kappa shape index (κ1) is 21.2. The quantitative estimate of drug-likeness (QED) is 0.476. The van der Waals surface area contributed by atoms with E-state index in [1.54, 1.807) is 7.05 Å². The summed E-state index contributed by atoms with van der Waals surface area (Å²) in [5.74, 6) is 0.781. The minimum Gasteiger partial charge on any atom is -0.342 e. The van der Waals surface area contributed by atoms with Crippen LogP contribution in [-0.2, 0) is 26.6 Å². The van der Waals surface area contributed by atoms with Crippen LogP contribution in [0.2, 0.25) is 0 Å². The molecule has 0 saturated carbocycles. The highest BCUT2D eigenvalue weighted by Crippen LogP contribution is 2.24. The summed E-state index contributed by atoms with van der Waals surface area (Å²) < 4.78 is 4.87. The first-order valence-corrected chi connectivity index (χ1v) is 11.5. The molecule has 2 aromatic heterocycles. The van der Waals surface area contributed by atoms with Gasteiger partial charge in [0.05, 0.1) is 6.54 Å². The number of nitrogens with zero attached hydrogens (tertiary/aromatic N) is 5. The first-order valence-electron chi connectivity index (χ1n) is 11.5. The Kier molecular flexibility index (Phi) is 5.40. The largest absolute Gasteiger partial charge is 0.342 e. The summed E-state index contributed by atoms with van der Waals surface area (Å²) in [6, 6.07) is 16.5. The zero-order chi connectivity index (χ0) is 23.1. The van der Waals surface area contributed by atoms with E-state index in [2.05, 4.69) is 29.2 Å². The van der Waals surface area contributed by atoms with Gasteiger partial charge in [-0.1, -0.05) is 54.1 Å². The van der Waals surface area contributed by atoms with Crippen molar-refractivity contribution < 1.29 is 0 Å². The van der Waals surface area contributed by atoms with Crippen molar-refractivity contribution in [2.75, 3.05) is 18.0 Å². The molecule has 0 aliphatic carbocycles. The summed E-state index contributed by atoms with van der Waals surface area (Å²) in [5, 5.41) is 0. The molecule has 1 aliphatic heterocycles. The molecule has 2 aromatic carbocycles. The predicted molar refractivity (Wildman–Crippen MR) is 131 cm³/mol. The van der Waals surface area contributed by atoms with Crippen molar-refractivity contribution in [3.8, 4) is 0 Å². The number of hydrogen-bond acceptors (Lipinski definition) is 4. The molecule has 0 spiro atoms. The number of imidazole rings is 1. The van der Waals surface area contributed by atoms with Crippen LogP contribution in [0.4, 0.5) is 5.95 Å². The minimum absolute atomic E-state index is 0.257. The molecule has 33 heavy (non-hydrogen) atoms. The third-order valence-electron chi connectivity index (χ3n) is 6.65. The smallest absolute Gasteiger partial charge is 0.332 e. The molecule has 0 radical (unpaired) electrons. The fraction of sp³-hybridized carbons (Fsp3) is 0.346. The molecule has 0 unspecified atom stereocenters. The van der Waals surface area contributed by atoms with Gasteiger partial charge in [-0.2, -0.15) is 4.98 Å². The lowest BCUT2D eigenvalue weighted by molar-refractivity contribution is 0.562. The highest BCUT2D eigenvalue weighted by Gasteiger charge is 2.26. The molecule has 0 atom stereocenters. The predicted octanol–water partition coefficient (Wildman–Crippen LogP) is 3.01. The number of hydrogen-bond donors (Lipinski definition) is 0. The van der Waals surface area contributed by atoms with Gasteiger partial charge < -0.3 is 9.47 Å². The average molecular weight is 444 g/mol. The van der Waals surface area contributed by atoms with Crippen molar-refractivity contribution >= 4 is 17.1 Å². The lowest BCUT2D eigenvalue weighted by Crippen LogP contribution is -2.40. The lowest BCUT2D eigenvalue weighted by atomic mass is 10.1. The maximum Gasteiger partial charge on any atom is 0.332 e. The molecule has 0 bridgehead atoms. The lowest BCUT2D eigenvalue weighted by Gasteiger charge is -2.29. The molecular formula is C26H29N5O2. The molecule has 7 heteroatoms. The second-order valence-electron chi connectivity index (χ2n) is 8.97. The summed E-state index contributed by atoms with van der Waals surface area (Å²) >= 11 is 0. The first-order chi connectivity index (χ1) is 15.9. The number of fused-ring (bicyclic) bond motifs is 3. The molecule has 4 aromatic rings. The minimum atomic E-state index is -0.334. The summed E-state index contributed by atoms with van der Waals surface area (Å²) in [4.78, 5) is 33.8.